The maximum absolute atomic E-state index is 11.9. The molecule has 3 N–H and O–H groups in total. The van der Waals surface area contributed by atoms with Crippen LogP contribution in [0.1, 0.15) is 6.92 Å². The summed E-state index contributed by atoms with van der Waals surface area (Å²) < 4.78 is 4.64. The number of hydrogen-bond donors (Lipinski definition) is 3. The van der Waals surface area contributed by atoms with Gasteiger partial charge >= 0.3 is 5.97 Å². The van der Waals surface area contributed by atoms with Crippen molar-refractivity contribution >= 4 is 28.9 Å². The van der Waals surface area contributed by atoms with Crippen LogP contribution in [-0.4, -0.2) is 40.7 Å². The molecule has 0 radical (unpaired) electrons. The zero-order valence-electron chi connectivity index (χ0n) is 11.0. The minimum absolute atomic E-state index is 0.0618. The van der Waals surface area contributed by atoms with Crippen molar-refractivity contribution in [2.24, 2.45) is 0 Å². The number of ether oxygens (including phenoxy) is 1. The van der Waals surface area contributed by atoms with Crippen molar-refractivity contribution in [2.75, 3.05) is 17.2 Å². The standard InChI is InChI=1S/C12H13N3O6/c1-2-21-12(18)10(16)9-11(17)14-7-4-3-6(15(19)20)5-8(7)13-9/h3-5,9-10,13,16H,2H2,1H3,(H,14,17)/t9-,10+/m0/s1. The van der Waals surface area contributed by atoms with Crippen LogP contribution in [0.2, 0.25) is 0 Å². The summed E-state index contributed by atoms with van der Waals surface area (Å²) in [5, 5.41) is 25.6. The van der Waals surface area contributed by atoms with E-state index in [1.807, 2.05) is 0 Å². The number of benzene rings is 1. The third-order valence-electron chi connectivity index (χ3n) is 2.91. The van der Waals surface area contributed by atoms with E-state index in [0.29, 0.717) is 5.69 Å². The lowest BCUT2D eigenvalue weighted by Gasteiger charge is -2.28. The minimum Gasteiger partial charge on any atom is -0.464 e. The lowest BCUT2D eigenvalue weighted by Crippen LogP contribution is -2.50. The molecule has 0 saturated heterocycles. The number of nitro benzene ring substituents is 1. The van der Waals surface area contributed by atoms with E-state index in [0.717, 1.165) is 0 Å². The molecule has 0 saturated carbocycles. The first kappa shape index (κ1) is 14.7. The molecule has 0 aliphatic carbocycles. The van der Waals surface area contributed by atoms with E-state index in [9.17, 15) is 24.8 Å². The van der Waals surface area contributed by atoms with Crippen LogP contribution < -0.4 is 10.6 Å². The van der Waals surface area contributed by atoms with E-state index >= 15 is 0 Å². The fourth-order valence-electron chi connectivity index (χ4n) is 1.90. The van der Waals surface area contributed by atoms with Crippen molar-refractivity contribution in [2.45, 2.75) is 19.1 Å². The molecule has 0 fully saturated rings. The third kappa shape index (κ3) is 2.92. The summed E-state index contributed by atoms with van der Waals surface area (Å²) >= 11 is 0. The first-order chi connectivity index (χ1) is 9.93. The molecule has 1 heterocycles. The van der Waals surface area contributed by atoms with Crippen LogP contribution in [0, 0.1) is 10.1 Å². The highest BCUT2D eigenvalue weighted by Gasteiger charge is 2.37. The molecule has 112 valence electrons. The van der Waals surface area contributed by atoms with Crippen molar-refractivity contribution in [3.05, 3.63) is 28.3 Å². The van der Waals surface area contributed by atoms with Crippen molar-refractivity contribution < 1.29 is 24.4 Å². The van der Waals surface area contributed by atoms with Crippen molar-refractivity contribution in [1.82, 2.24) is 0 Å². The van der Waals surface area contributed by atoms with Gasteiger partial charge in [0, 0.05) is 12.1 Å². The summed E-state index contributed by atoms with van der Waals surface area (Å²) in [6.45, 7) is 1.63. The van der Waals surface area contributed by atoms with Gasteiger partial charge in [-0.05, 0) is 13.0 Å². The van der Waals surface area contributed by atoms with Gasteiger partial charge in [0.1, 0.15) is 6.04 Å². The average Bonchev–Trinajstić information content (AvgIpc) is 2.45. The number of rotatable bonds is 4. The van der Waals surface area contributed by atoms with E-state index < -0.39 is 28.9 Å². The van der Waals surface area contributed by atoms with Gasteiger partial charge in [0.15, 0.2) is 6.10 Å². The predicted octanol–water partition coefficient (Wildman–Crippen LogP) is 0.251. The number of nitro groups is 1. The Morgan fingerprint density at radius 1 is 1.52 bits per heavy atom. The minimum atomic E-state index is -1.71. The SMILES string of the molecule is CCOC(=O)[C@H](O)[C@@H]1Nc2cc([N+](=O)[O-])ccc2NC1=O. The molecule has 1 aliphatic rings. The number of esters is 1. The molecule has 9 nitrogen and oxygen atoms in total. The average molecular weight is 295 g/mol. The number of anilines is 2. The van der Waals surface area contributed by atoms with Crippen molar-refractivity contribution in [1.29, 1.82) is 0 Å². The van der Waals surface area contributed by atoms with Crippen LogP contribution in [-0.2, 0) is 14.3 Å². The Balaban J connectivity index is 2.25. The van der Waals surface area contributed by atoms with Crippen LogP contribution in [0.4, 0.5) is 17.1 Å². The Morgan fingerprint density at radius 2 is 2.24 bits per heavy atom. The van der Waals surface area contributed by atoms with E-state index in [2.05, 4.69) is 15.4 Å². The molecular weight excluding hydrogens is 282 g/mol. The fourth-order valence-corrected chi connectivity index (χ4v) is 1.90. The molecular formula is C12H13N3O6. The van der Waals surface area contributed by atoms with E-state index in [4.69, 9.17) is 0 Å². The van der Waals surface area contributed by atoms with Gasteiger partial charge in [-0.3, -0.25) is 14.9 Å². The van der Waals surface area contributed by atoms with Crippen LogP contribution in [0.5, 0.6) is 0 Å². The molecule has 2 rings (SSSR count). The van der Waals surface area contributed by atoms with Crippen molar-refractivity contribution in [3.63, 3.8) is 0 Å². The van der Waals surface area contributed by atoms with E-state index in [1.165, 1.54) is 18.2 Å². The number of nitrogens with one attached hydrogen (secondary N) is 2. The summed E-state index contributed by atoms with van der Waals surface area (Å²) in [4.78, 5) is 33.5. The van der Waals surface area contributed by atoms with Gasteiger partial charge in [-0.2, -0.15) is 0 Å². The second-order valence-electron chi connectivity index (χ2n) is 4.30. The molecule has 0 unspecified atom stereocenters. The van der Waals surface area contributed by atoms with Crippen molar-refractivity contribution in [3.8, 4) is 0 Å². The molecule has 9 heteroatoms. The van der Waals surface area contributed by atoms with E-state index in [-0.39, 0.29) is 18.0 Å². The second-order valence-corrected chi connectivity index (χ2v) is 4.30. The van der Waals surface area contributed by atoms with Gasteiger partial charge in [-0.15, -0.1) is 0 Å². The monoisotopic (exact) mass is 295 g/mol. The number of fused-ring (bicyclic) bond motifs is 1. The molecule has 0 aromatic heterocycles. The molecule has 21 heavy (non-hydrogen) atoms. The highest BCUT2D eigenvalue weighted by Crippen LogP contribution is 2.31. The Labute approximate surface area is 119 Å². The summed E-state index contributed by atoms with van der Waals surface area (Å²) in [5.74, 6) is -1.57. The molecule has 1 aliphatic heterocycles. The van der Waals surface area contributed by atoms with Gasteiger partial charge in [0.25, 0.3) is 5.69 Å². The second kappa shape index (κ2) is 5.75. The zero-order valence-corrected chi connectivity index (χ0v) is 11.0. The molecule has 2 atom stereocenters. The third-order valence-corrected chi connectivity index (χ3v) is 2.91. The maximum atomic E-state index is 11.9. The Hall–Kier alpha value is -2.68. The van der Waals surface area contributed by atoms with Crippen LogP contribution in [0.15, 0.2) is 18.2 Å². The zero-order chi connectivity index (χ0) is 15.6. The Kier molecular flexibility index (Phi) is 4.03. The summed E-state index contributed by atoms with van der Waals surface area (Å²) in [6.07, 6.45) is -1.71. The first-order valence-electron chi connectivity index (χ1n) is 6.14. The van der Waals surface area contributed by atoms with Crippen LogP contribution >= 0.6 is 0 Å². The molecule has 0 spiro atoms. The quantitative estimate of drug-likeness (QED) is 0.412. The lowest BCUT2D eigenvalue weighted by molar-refractivity contribution is -0.384. The molecule has 1 aromatic carbocycles. The number of aliphatic hydroxyl groups excluding tert-OH is 1. The summed E-state index contributed by atoms with van der Waals surface area (Å²) in [7, 11) is 0. The summed E-state index contributed by atoms with van der Waals surface area (Å²) in [5.41, 5.74) is 0.400. The first-order valence-corrected chi connectivity index (χ1v) is 6.14. The summed E-state index contributed by atoms with van der Waals surface area (Å²) in [6, 6.07) is 2.53. The lowest BCUT2D eigenvalue weighted by atomic mass is 10.1. The number of hydrogen-bond acceptors (Lipinski definition) is 7. The Morgan fingerprint density at radius 3 is 2.86 bits per heavy atom. The predicted molar refractivity (Wildman–Crippen MR) is 71.8 cm³/mol. The number of amides is 1. The molecule has 1 aromatic rings. The number of nitrogens with zero attached hydrogens (tertiary/aromatic N) is 1. The smallest absolute Gasteiger partial charge is 0.337 e. The van der Waals surface area contributed by atoms with Gasteiger partial charge in [0.2, 0.25) is 5.91 Å². The fraction of sp³-hybridized carbons (Fsp3) is 0.333. The number of carbonyl (C=O) groups is 2. The number of carbonyl (C=O) groups excluding carboxylic acids is 2. The van der Waals surface area contributed by atoms with Gasteiger partial charge in [-0.25, -0.2) is 4.79 Å². The van der Waals surface area contributed by atoms with Gasteiger partial charge in [-0.1, -0.05) is 0 Å². The topological polar surface area (TPSA) is 131 Å². The van der Waals surface area contributed by atoms with E-state index in [1.54, 1.807) is 6.92 Å². The molecule has 0 bridgehead atoms. The van der Waals surface area contributed by atoms with Gasteiger partial charge < -0.3 is 20.5 Å². The van der Waals surface area contributed by atoms with Crippen LogP contribution in [0.25, 0.3) is 0 Å². The Bertz CT molecular complexity index is 603. The highest BCUT2D eigenvalue weighted by molar-refractivity contribution is 6.05. The van der Waals surface area contributed by atoms with Gasteiger partial charge in [0.05, 0.1) is 22.9 Å². The largest absolute Gasteiger partial charge is 0.464 e. The highest BCUT2D eigenvalue weighted by atomic mass is 16.6. The maximum Gasteiger partial charge on any atom is 0.337 e. The number of non-ortho nitro benzene ring substituents is 1. The molecule has 1 amide bonds. The normalized spacial score (nSPS) is 18.0. The van der Waals surface area contributed by atoms with Crippen LogP contribution in [0.3, 0.4) is 0 Å². The number of aliphatic hydroxyl groups is 1.